The van der Waals surface area contributed by atoms with Crippen molar-refractivity contribution in [3.63, 3.8) is 0 Å². The summed E-state index contributed by atoms with van der Waals surface area (Å²) in [5, 5.41) is 7.60. The molecule has 0 aromatic carbocycles. The summed E-state index contributed by atoms with van der Waals surface area (Å²) in [6, 6.07) is 0. The number of hydrogen-bond acceptors (Lipinski definition) is 5. The summed E-state index contributed by atoms with van der Waals surface area (Å²) in [6.45, 7) is 14.2. The fraction of sp³-hybridized carbons (Fsp3) is 0.400. The van der Waals surface area contributed by atoms with Crippen LogP contribution in [-0.2, 0) is 23.9 Å². The summed E-state index contributed by atoms with van der Waals surface area (Å²) in [5.74, 6) is -1.67. The maximum absolute atomic E-state index is 10.3. The molecular formula is C15H24O6. The molecule has 0 aromatic rings. The van der Waals surface area contributed by atoms with Crippen LogP contribution in [0.25, 0.3) is 0 Å². The van der Waals surface area contributed by atoms with Crippen molar-refractivity contribution in [3.05, 3.63) is 38.0 Å². The van der Waals surface area contributed by atoms with Gasteiger partial charge in [-0.3, -0.25) is 0 Å². The molecule has 0 radical (unpaired) electrons. The molecule has 120 valence electrons. The number of aliphatic carboxylic acids is 1. The number of hydrogen-bond donors (Lipinski definition) is 1. The van der Waals surface area contributed by atoms with Gasteiger partial charge in [0, 0.05) is 18.2 Å². The van der Waals surface area contributed by atoms with E-state index in [-0.39, 0.29) is 11.9 Å². The fourth-order valence-corrected chi connectivity index (χ4v) is 0.577. The van der Waals surface area contributed by atoms with Crippen molar-refractivity contribution in [2.24, 2.45) is 0 Å². The molecule has 6 nitrogen and oxygen atoms in total. The van der Waals surface area contributed by atoms with Crippen LogP contribution in [0.5, 0.6) is 0 Å². The summed E-state index contributed by atoms with van der Waals surface area (Å²) in [6.07, 6.45) is 5.13. The Labute approximate surface area is 125 Å². The first kappa shape index (κ1) is 23.7. The van der Waals surface area contributed by atoms with Crippen LogP contribution in [0.4, 0.5) is 0 Å². The van der Waals surface area contributed by atoms with Gasteiger partial charge in [0.15, 0.2) is 0 Å². The van der Waals surface area contributed by atoms with Gasteiger partial charge in [-0.1, -0.05) is 33.1 Å². The van der Waals surface area contributed by atoms with E-state index in [0.717, 1.165) is 25.0 Å². The van der Waals surface area contributed by atoms with Crippen molar-refractivity contribution in [1.82, 2.24) is 0 Å². The van der Waals surface area contributed by atoms with Crippen molar-refractivity contribution in [2.75, 3.05) is 13.2 Å². The van der Waals surface area contributed by atoms with Gasteiger partial charge in [-0.15, -0.1) is 0 Å². The molecule has 0 unspecified atom stereocenters. The third-order valence-electron chi connectivity index (χ3n) is 1.54. The van der Waals surface area contributed by atoms with Crippen molar-refractivity contribution in [3.8, 4) is 0 Å². The summed E-state index contributed by atoms with van der Waals surface area (Å²) in [7, 11) is 0. The van der Waals surface area contributed by atoms with Crippen LogP contribution in [0.2, 0.25) is 0 Å². The second-order valence-electron chi connectivity index (χ2n) is 3.22. The summed E-state index contributed by atoms with van der Waals surface area (Å²) in [4.78, 5) is 29.7. The summed E-state index contributed by atoms with van der Waals surface area (Å²) < 4.78 is 9.11. The highest BCUT2D eigenvalue weighted by atomic mass is 16.5. The third-order valence-corrected chi connectivity index (χ3v) is 1.54. The van der Waals surface area contributed by atoms with Gasteiger partial charge >= 0.3 is 17.9 Å². The van der Waals surface area contributed by atoms with Crippen LogP contribution in [-0.4, -0.2) is 36.2 Å². The van der Waals surface area contributed by atoms with Gasteiger partial charge < -0.3 is 14.6 Å². The molecule has 0 aliphatic rings. The molecule has 0 heterocycles. The van der Waals surface area contributed by atoms with Crippen LogP contribution < -0.4 is 0 Å². The fourth-order valence-electron chi connectivity index (χ4n) is 0.577. The number of rotatable bonds is 7. The monoisotopic (exact) mass is 300 g/mol. The number of carboxylic acid groups (broad SMARTS) is 1. The minimum Gasteiger partial charge on any atom is -0.478 e. The Hall–Kier alpha value is -2.37. The molecular weight excluding hydrogens is 276 g/mol. The minimum absolute atomic E-state index is 0.330. The van der Waals surface area contributed by atoms with Gasteiger partial charge in [0.1, 0.15) is 0 Å². The van der Waals surface area contributed by atoms with Crippen molar-refractivity contribution >= 4 is 17.9 Å². The third kappa shape index (κ3) is 31.8. The second kappa shape index (κ2) is 20.0. The van der Waals surface area contributed by atoms with E-state index in [4.69, 9.17) is 5.11 Å². The molecule has 0 spiro atoms. The van der Waals surface area contributed by atoms with Gasteiger partial charge in [-0.05, 0) is 13.3 Å². The first-order chi connectivity index (χ1) is 9.89. The van der Waals surface area contributed by atoms with Gasteiger partial charge in [0.25, 0.3) is 0 Å². The molecule has 1 N–H and O–H groups in total. The van der Waals surface area contributed by atoms with Crippen LogP contribution >= 0.6 is 0 Å². The van der Waals surface area contributed by atoms with E-state index in [1.165, 1.54) is 6.08 Å². The predicted octanol–water partition coefficient (Wildman–Crippen LogP) is 2.51. The second-order valence-corrected chi connectivity index (χ2v) is 3.22. The molecule has 0 aromatic heterocycles. The lowest BCUT2D eigenvalue weighted by atomic mass is 10.4. The summed E-state index contributed by atoms with van der Waals surface area (Å²) in [5.41, 5.74) is 0. The first-order valence-corrected chi connectivity index (χ1v) is 6.33. The average molecular weight is 300 g/mol. The Morgan fingerprint density at radius 1 is 0.952 bits per heavy atom. The Morgan fingerprint density at radius 2 is 1.38 bits per heavy atom. The zero-order chi connectivity index (χ0) is 17.1. The number of carboxylic acids is 1. The quantitative estimate of drug-likeness (QED) is 0.441. The van der Waals surface area contributed by atoms with E-state index < -0.39 is 5.97 Å². The van der Waals surface area contributed by atoms with E-state index in [0.29, 0.717) is 13.2 Å². The molecule has 0 bridgehead atoms. The largest absolute Gasteiger partial charge is 0.478 e. The topological polar surface area (TPSA) is 89.9 Å². The number of carbonyl (C=O) groups excluding carboxylic acids is 2. The standard InChI is InChI=1S/C7H12O2.C5H8O2.C3H4O2/c1-3-5-6-9-7(8)4-2;1-3-5(6)7-4-2;1-2-3(4)5/h4H,2-3,5-6H2,1H3;3H,1,4H2,2H3;2H,1H2,(H,4,5). The molecule has 0 aliphatic heterocycles. The molecule has 21 heavy (non-hydrogen) atoms. The molecule has 0 rings (SSSR count). The lowest BCUT2D eigenvalue weighted by molar-refractivity contribution is -0.138. The molecule has 0 saturated heterocycles. The zero-order valence-corrected chi connectivity index (χ0v) is 12.7. The number of ether oxygens (including phenoxy) is 2. The number of carbonyl (C=O) groups is 3. The van der Waals surface area contributed by atoms with Gasteiger partial charge in [-0.25, -0.2) is 14.4 Å². The maximum atomic E-state index is 10.3. The lowest BCUT2D eigenvalue weighted by Crippen LogP contribution is -2.00. The Bertz CT molecular complexity index is 333. The lowest BCUT2D eigenvalue weighted by Gasteiger charge is -1.97. The SMILES string of the molecule is C=CC(=O)O.C=CC(=O)OCC.C=CC(=O)OCCCC. The Morgan fingerprint density at radius 3 is 1.62 bits per heavy atom. The predicted molar refractivity (Wildman–Crippen MR) is 80.7 cm³/mol. The molecule has 0 amide bonds. The average Bonchev–Trinajstić information content (AvgIpc) is 2.48. The highest BCUT2D eigenvalue weighted by Gasteiger charge is 1.91. The van der Waals surface area contributed by atoms with E-state index in [2.05, 4.69) is 29.2 Å². The molecule has 6 heteroatoms. The number of esters is 2. The highest BCUT2D eigenvalue weighted by molar-refractivity contribution is 5.81. The molecule has 0 fully saturated rings. The van der Waals surface area contributed by atoms with Crippen LogP contribution in [0.3, 0.4) is 0 Å². The van der Waals surface area contributed by atoms with Gasteiger partial charge in [-0.2, -0.15) is 0 Å². The maximum Gasteiger partial charge on any atom is 0.330 e. The summed E-state index contributed by atoms with van der Waals surface area (Å²) >= 11 is 0. The first-order valence-electron chi connectivity index (χ1n) is 6.33. The Balaban J connectivity index is -0.000000242. The molecule has 0 aliphatic carbocycles. The van der Waals surface area contributed by atoms with E-state index in [1.54, 1.807) is 6.92 Å². The van der Waals surface area contributed by atoms with Crippen LogP contribution in [0, 0.1) is 0 Å². The molecule has 0 saturated carbocycles. The Kier molecular flexibility index (Phi) is 22.5. The smallest absolute Gasteiger partial charge is 0.330 e. The van der Waals surface area contributed by atoms with Crippen molar-refractivity contribution in [1.29, 1.82) is 0 Å². The van der Waals surface area contributed by atoms with Crippen molar-refractivity contribution in [2.45, 2.75) is 26.7 Å². The molecule has 0 atom stereocenters. The highest BCUT2D eigenvalue weighted by Crippen LogP contribution is 1.88. The number of unbranched alkanes of at least 4 members (excludes halogenated alkanes) is 1. The van der Waals surface area contributed by atoms with Crippen LogP contribution in [0.15, 0.2) is 38.0 Å². The van der Waals surface area contributed by atoms with Crippen molar-refractivity contribution < 1.29 is 29.0 Å². The normalized spacial score (nSPS) is 7.71. The zero-order valence-electron chi connectivity index (χ0n) is 12.7. The minimum atomic E-state index is -0.981. The van der Waals surface area contributed by atoms with Crippen LogP contribution in [0.1, 0.15) is 26.7 Å². The van der Waals surface area contributed by atoms with E-state index >= 15 is 0 Å². The van der Waals surface area contributed by atoms with E-state index in [1.807, 2.05) is 6.92 Å². The van der Waals surface area contributed by atoms with Gasteiger partial charge in [0.2, 0.25) is 0 Å². The van der Waals surface area contributed by atoms with E-state index in [9.17, 15) is 14.4 Å². The van der Waals surface area contributed by atoms with Gasteiger partial charge in [0.05, 0.1) is 13.2 Å².